The number of nitrogens with zero attached hydrogens (tertiary/aromatic N) is 3. The first-order valence-electron chi connectivity index (χ1n) is 9.26. The number of carbonyl (C=O) groups excluding carboxylic acids is 1. The molecule has 0 spiro atoms. The summed E-state index contributed by atoms with van der Waals surface area (Å²) in [6.07, 6.45) is 3.34. The first kappa shape index (κ1) is 20.7. The molecule has 9 heteroatoms. The highest BCUT2D eigenvalue weighted by molar-refractivity contribution is 7.92. The Morgan fingerprint density at radius 2 is 1.74 bits per heavy atom. The van der Waals surface area contributed by atoms with Crippen LogP contribution >= 0.6 is 11.3 Å². The fourth-order valence-corrected chi connectivity index (χ4v) is 4.84. The van der Waals surface area contributed by atoms with Crippen LogP contribution in [0.25, 0.3) is 11.3 Å². The van der Waals surface area contributed by atoms with E-state index in [9.17, 15) is 13.2 Å². The van der Waals surface area contributed by atoms with E-state index in [-0.39, 0.29) is 10.5 Å². The van der Waals surface area contributed by atoms with Crippen LogP contribution in [0.3, 0.4) is 0 Å². The molecule has 0 radical (unpaired) electrons. The van der Waals surface area contributed by atoms with Crippen molar-refractivity contribution in [1.82, 2.24) is 9.97 Å². The molecular formula is C22H18N4O3S2. The Balaban J connectivity index is 1.54. The van der Waals surface area contributed by atoms with E-state index < -0.39 is 15.9 Å². The molecule has 4 aromatic rings. The van der Waals surface area contributed by atoms with Crippen molar-refractivity contribution < 1.29 is 13.2 Å². The molecule has 0 unspecified atom stereocenters. The van der Waals surface area contributed by atoms with Crippen LogP contribution in [-0.2, 0) is 10.0 Å². The van der Waals surface area contributed by atoms with Crippen LogP contribution in [0.4, 0.5) is 10.8 Å². The number of hydrogen-bond acceptors (Lipinski definition) is 6. The highest BCUT2D eigenvalue weighted by atomic mass is 32.2. The van der Waals surface area contributed by atoms with Crippen LogP contribution in [0.15, 0.2) is 89.4 Å². The Kier molecular flexibility index (Phi) is 5.79. The van der Waals surface area contributed by atoms with E-state index in [2.05, 4.69) is 15.3 Å². The topological polar surface area (TPSA) is 92.3 Å². The van der Waals surface area contributed by atoms with E-state index >= 15 is 0 Å². The van der Waals surface area contributed by atoms with Crippen molar-refractivity contribution in [2.75, 3.05) is 16.7 Å². The molecule has 156 valence electrons. The summed E-state index contributed by atoms with van der Waals surface area (Å²) in [5, 5.41) is 4.99. The van der Waals surface area contributed by atoms with E-state index in [4.69, 9.17) is 0 Å². The lowest BCUT2D eigenvalue weighted by molar-refractivity contribution is 0.102. The first-order valence-corrected chi connectivity index (χ1v) is 11.6. The number of carbonyl (C=O) groups is 1. The van der Waals surface area contributed by atoms with Crippen molar-refractivity contribution in [2.45, 2.75) is 4.90 Å². The Bertz CT molecular complexity index is 1310. The molecule has 2 heterocycles. The van der Waals surface area contributed by atoms with Gasteiger partial charge in [-0.05, 0) is 42.5 Å². The number of benzene rings is 2. The largest absolute Gasteiger partial charge is 0.298 e. The van der Waals surface area contributed by atoms with Gasteiger partial charge in [0, 0.05) is 35.9 Å². The third-order valence-electron chi connectivity index (χ3n) is 4.58. The van der Waals surface area contributed by atoms with Crippen molar-refractivity contribution in [3.63, 3.8) is 0 Å². The molecular weight excluding hydrogens is 432 g/mol. The molecule has 1 amide bonds. The maximum Gasteiger partial charge on any atom is 0.264 e. The Morgan fingerprint density at radius 3 is 2.48 bits per heavy atom. The fraction of sp³-hybridized carbons (Fsp3) is 0.0455. The number of anilines is 2. The molecule has 1 N–H and O–H groups in total. The maximum absolute atomic E-state index is 13.0. The summed E-state index contributed by atoms with van der Waals surface area (Å²) in [4.78, 5) is 21.1. The van der Waals surface area contributed by atoms with Crippen molar-refractivity contribution >= 4 is 38.1 Å². The van der Waals surface area contributed by atoms with E-state index in [0.29, 0.717) is 10.8 Å². The zero-order valence-electron chi connectivity index (χ0n) is 16.5. The summed E-state index contributed by atoms with van der Waals surface area (Å²) in [6, 6.07) is 18.4. The summed E-state index contributed by atoms with van der Waals surface area (Å²) >= 11 is 1.29. The van der Waals surface area contributed by atoms with Gasteiger partial charge in [0.05, 0.1) is 16.3 Å². The molecule has 0 bridgehead atoms. The highest BCUT2D eigenvalue weighted by Gasteiger charge is 2.22. The fourth-order valence-electron chi connectivity index (χ4n) is 2.89. The summed E-state index contributed by atoms with van der Waals surface area (Å²) in [5.41, 5.74) is 2.37. The van der Waals surface area contributed by atoms with Crippen LogP contribution in [0.1, 0.15) is 10.4 Å². The van der Waals surface area contributed by atoms with Gasteiger partial charge in [-0.25, -0.2) is 13.4 Å². The lowest BCUT2D eigenvalue weighted by atomic mass is 10.2. The van der Waals surface area contributed by atoms with Gasteiger partial charge in [-0.1, -0.05) is 24.3 Å². The quantitative estimate of drug-likeness (QED) is 0.473. The third kappa shape index (κ3) is 4.47. The number of nitrogens with one attached hydrogen (secondary N) is 1. The molecule has 7 nitrogen and oxygen atoms in total. The molecule has 4 rings (SSSR count). The zero-order valence-corrected chi connectivity index (χ0v) is 18.1. The zero-order chi connectivity index (χ0) is 21.8. The van der Waals surface area contributed by atoms with Crippen molar-refractivity contribution in [3.05, 3.63) is 90.1 Å². The van der Waals surface area contributed by atoms with Gasteiger partial charge >= 0.3 is 0 Å². The minimum absolute atomic E-state index is 0.0307. The van der Waals surface area contributed by atoms with Crippen molar-refractivity contribution in [3.8, 4) is 11.3 Å². The summed E-state index contributed by atoms with van der Waals surface area (Å²) in [5.74, 6) is -0.435. The van der Waals surface area contributed by atoms with E-state index in [1.54, 1.807) is 48.8 Å². The molecule has 2 aromatic carbocycles. The smallest absolute Gasteiger partial charge is 0.264 e. The normalized spacial score (nSPS) is 11.1. The summed E-state index contributed by atoms with van der Waals surface area (Å²) in [7, 11) is -2.34. The number of amides is 1. The van der Waals surface area contributed by atoms with Gasteiger partial charge in [-0.3, -0.25) is 19.4 Å². The molecule has 0 saturated heterocycles. The van der Waals surface area contributed by atoms with Gasteiger partial charge in [-0.15, -0.1) is 11.3 Å². The van der Waals surface area contributed by atoms with Crippen molar-refractivity contribution in [2.24, 2.45) is 0 Å². The lowest BCUT2D eigenvalue weighted by Crippen LogP contribution is -2.26. The second kappa shape index (κ2) is 8.66. The minimum atomic E-state index is -3.82. The van der Waals surface area contributed by atoms with Crippen LogP contribution < -0.4 is 9.62 Å². The molecule has 0 aliphatic heterocycles. The van der Waals surface area contributed by atoms with E-state index in [1.165, 1.54) is 34.8 Å². The van der Waals surface area contributed by atoms with Crippen LogP contribution in [0.2, 0.25) is 0 Å². The average Bonchev–Trinajstić information content (AvgIpc) is 3.28. The standard InChI is InChI=1S/C22H18N4O3S2/c1-26(18-7-3-2-4-8-18)31(28,29)19-9-5-6-17(14-19)21(27)25-22-24-20(15-30-22)16-10-12-23-13-11-16/h2-15H,1H3,(H,24,25,27). The molecule has 0 saturated carbocycles. The van der Waals surface area contributed by atoms with Gasteiger partial charge in [0.1, 0.15) is 0 Å². The maximum atomic E-state index is 13.0. The Hall–Kier alpha value is -3.56. The number of thiazole rings is 1. The molecule has 31 heavy (non-hydrogen) atoms. The Labute approximate surface area is 184 Å². The van der Waals surface area contributed by atoms with Crippen molar-refractivity contribution in [1.29, 1.82) is 0 Å². The molecule has 0 aliphatic rings. The van der Waals surface area contributed by atoms with Gasteiger partial charge in [0.2, 0.25) is 0 Å². The first-order chi connectivity index (χ1) is 14.9. The lowest BCUT2D eigenvalue weighted by Gasteiger charge is -2.19. The predicted molar refractivity (Wildman–Crippen MR) is 122 cm³/mol. The van der Waals surface area contributed by atoms with Gasteiger partial charge in [0.15, 0.2) is 5.13 Å². The molecule has 0 aliphatic carbocycles. The molecule has 2 aromatic heterocycles. The number of pyridine rings is 1. The minimum Gasteiger partial charge on any atom is -0.298 e. The average molecular weight is 451 g/mol. The van der Waals surface area contributed by atoms with Gasteiger partial charge < -0.3 is 0 Å². The van der Waals surface area contributed by atoms with Crippen LogP contribution in [0, 0.1) is 0 Å². The summed E-state index contributed by atoms with van der Waals surface area (Å²) in [6.45, 7) is 0. The predicted octanol–water partition coefficient (Wildman–Crippen LogP) is 4.28. The molecule has 0 fully saturated rings. The third-order valence-corrected chi connectivity index (χ3v) is 7.11. The SMILES string of the molecule is CN(c1ccccc1)S(=O)(=O)c1cccc(C(=O)Nc2nc(-c3ccncc3)cs2)c1. The van der Waals surface area contributed by atoms with Gasteiger partial charge in [0.25, 0.3) is 15.9 Å². The van der Waals surface area contributed by atoms with E-state index in [0.717, 1.165) is 11.3 Å². The number of rotatable bonds is 6. The number of aromatic nitrogens is 2. The highest BCUT2D eigenvalue weighted by Crippen LogP contribution is 2.26. The van der Waals surface area contributed by atoms with Gasteiger partial charge in [-0.2, -0.15) is 0 Å². The number of sulfonamides is 1. The van der Waals surface area contributed by atoms with E-state index in [1.807, 2.05) is 23.6 Å². The van der Waals surface area contributed by atoms with Crippen LogP contribution in [0.5, 0.6) is 0 Å². The monoisotopic (exact) mass is 450 g/mol. The molecule has 0 atom stereocenters. The van der Waals surface area contributed by atoms with Crippen LogP contribution in [-0.4, -0.2) is 31.3 Å². The number of hydrogen-bond donors (Lipinski definition) is 1. The summed E-state index contributed by atoms with van der Waals surface area (Å²) < 4.78 is 27.2. The number of para-hydroxylation sites is 1. The second-order valence-electron chi connectivity index (χ2n) is 6.56. The second-order valence-corrected chi connectivity index (χ2v) is 9.39. The Morgan fingerprint density at radius 1 is 1.00 bits per heavy atom.